The van der Waals surface area contributed by atoms with Crippen LogP contribution in [0.15, 0.2) is 65.7 Å². The number of benzene rings is 2. The van der Waals surface area contributed by atoms with Crippen LogP contribution < -0.4 is 0 Å². The number of hydrogen-bond donors (Lipinski definition) is 0. The first-order chi connectivity index (χ1) is 10.8. The SMILES string of the molecule is CSc1ccc(CCc2cn(Cc3ccccc3)nn2)cc1. The minimum absolute atomic E-state index is 0.774. The van der Waals surface area contributed by atoms with Gasteiger partial charge in [0, 0.05) is 11.1 Å². The van der Waals surface area contributed by atoms with Crippen LogP contribution in [0.2, 0.25) is 0 Å². The Morgan fingerprint density at radius 2 is 1.68 bits per heavy atom. The van der Waals surface area contributed by atoms with Crippen LogP contribution >= 0.6 is 11.8 Å². The van der Waals surface area contributed by atoms with Gasteiger partial charge < -0.3 is 0 Å². The van der Waals surface area contributed by atoms with E-state index in [4.69, 9.17) is 0 Å². The molecule has 0 aliphatic heterocycles. The molecule has 112 valence electrons. The number of hydrogen-bond acceptors (Lipinski definition) is 3. The Kier molecular flexibility index (Phi) is 4.91. The highest BCUT2D eigenvalue weighted by molar-refractivity contribution is 7.98. The largest absolute Gasteiger partial charge is 0.248 e. The highest BCUT2D eigenvalue weighted by atomic mass is 32.2. The molecule has 0 bridgehead atoms. The van der Waals surface area contributed by atoms with Gasteiger partial charge in [0.1, 0.15) is 0 Å². The second-order valence-electron chi connectivity index (χ2n) is 5.24. The van der Waals surface area contributed by atoms with E-state index >= 15 is 0 Å². The average molecular weight is 309 g/mol. The van der Waals surface area contributed by atoms with E-state index in [9.17, 15) is 0 Å². The lowest BCUT2D eigenvalue weighted by molar-refractivity contribution is 0.649. The van der Waals surface area contributed by atoms with E-state index in [2.05, 4.69) is 53.0 Å². The van der Waals surface area contributed by atoms with Gasteiger partial charge in [-0.25, -0.2) is 4.68 Å². The molecule has 0 aliphatic rings. The van der Waals surface area contributed by atoms with Gasteiger partial charge in [-0.05, 0) is 42.4 Å². The van der Waals surface area contributed by atoms with Gasteiger partial charge in [0.2, 0.25) is 0 Å². The standard InChI is InChI=1S/C18H19N3S/c1-22-18-11-8-15(9-12-18)7-10-17-14-21(20-19-17)13-16-5-3-2-4-6-16/h2-6,8-9,11-12,14H,7,10,13H2,1H3. The summed E-state index contributed by atoms with van der Waals surface area (Å²) in [6.07, 6.45) is 6.06. The topological polar surface area (TPSA) is 30.7 Å². The van der Waals surface area contributed by atoms with Crippen LogP contribution in [-0.2, 0) is 19.4 Å². The van der Waals surface area contributed by atoms with E-state index in [0.29, 0.717) is 0 Å². The molecule has 0 aliphatic carbocycles. The number of nitrogens with zero attached hydrogens (tertiary/aromatic N) is 3. The summed E-state index contributed by atoms with van der Waals surface area (Å²) in [6, 6.07) is 19.1. The third kappa shape index (κ3) is 3.98. The van der Waals surface area contributed by atoms with Gasteiger partial charge in [0.05, 0.1) is 12.2 Å². The first kappa shape index (κ1) is 14.9. The van der Waals surface area contributed by atoms with Crippen molar-refractivity contribution in [3.63, 3.8) is 0 Å². The molecule has 0 fully saturated rings. The van der Waals surface area contributed by atoms with E-state index in [-0.39, 0.29) is 0 Å². The lowest BCUT2D eigenvalue weighted by Crippen LogP contribution is -1.99. The number of thioether (sulfide) groups is 1. The van der Waals surface area contributed by atoms with Crippen LogP contribution in [0.3, 0.4) is 0 Å². The minimum atomic E-state index is 0.774. The molecule has 3 nitrogen and oxygen atoms in total. The highest BCUT2D eigenvalue weighted by Gasteiger charge is 2.03. The molecule has 0 saturated heterocycles. The lowest BCUT2D eigenvalue weighted by atomic mass is 10.1. The summed E-state index contributed by atoms with van der Waals surface area (Å²) in [7, 11) is 0. The summed E-state index contributed by atoms with van der Waals surface area (Å²) in [6.45, 7) is 0.774. The zero-order chi connectivity index (χ0) is 15.2. The molecule has 3 aromatic rings. The van der Waals surface area contributed by atoms with Crippen LogP contribution in [0.4, 0.5) is 0 Å². The van der Waals surface area contributed by atoms with Crippen molar-refractivity contribution in [1.82, 2.24) is 15.0 Å². The van der Waals surface area contributed by atoms with E-state index in [1.165, 1.54) is 16.0 Å². The molecule has 0 spiro atoms. The number of rotatable bonds is 6. The summed E-state index contributed by atoms with van der Waals surface area (Å²) < 4.78 is 1.90. The van der Waals surface area contributed by atoms with Crippen LogP contribution in [0, 0.1) is 0 Å². The maximum atomic E-state index is 4.27. The predicted molar refractivity (Wildman–Crippen MR) is 91.2 cm³/mol. The quantitative estimate of drug-likeness (QED) is 0.648. The molecule has 0 saturated carbocycles. The van der Waals surface area contributed by atoms with E-state index in [1.54, 1.807) is 11.8 Å². The minimum Gasteiger partial charge on any atom is -0.248 e. The van der Waals surface area contributed by atoms with Crippen LogP contribution in [0.25, 0.3) is 0 Å². The maximum Gasteiger partial charge on any atom is 0.0830 e. The molecule has 0 amide bonds. The molecule has 0 radical (unpaired) electrons. The van der Waals surface area contributed by atoms with Gasteiger partial charge in [0.15, 0.2) is 0 Å². The van der Waals surface area contributed by atoms with Crippen LogP contribution in [0.1, 0.15) is 16.8 Å². The van der Waals surface area contributed by atoms with Gasteiger partial charge in [-0.15, -0.1) is 16.9 Å². The van der Waals surface area contributed by atoms with Crippen molar-refractivity contribution in [2.75, 3.05) is 6.26 Å². The van der Waals surface area contributed by atoms with Crippen molar-refractivity contribution in [3.05, 3.63) is 77.6 Å². The Balaban J connectivity index is 1.57. The molecule has 2 aromatic carbocycles. The molecular formula is C18H19N3S. The van der Waals surface area contributed by atoms with Crippen molar-refractivity contribution in [3.8, 4) is 0 Å². The average Bonchev–Trinajstić information content (AvgIpc) is 3.02. The molecule has 3 rings (SSSR count). The second kappa shape index (κ2) is 7.27. The third-order valence-electron chi connectivity index (χ3n) is 3.60. The molecule has 4 heteroatoms. The van der Waals surface area contributed by atoms with Crippen LogP contribution in [0.5, 0.6) is 0 Å². The summed E-state index contributed by atoms with van der Waals surface area (Å²) in [5, 5.41) is 8.48. The first-order valence-electron chi connectivity index (χ1n) is 7.39. The fourth-order valence-electron chi connectivity index (χ4n) is 2.37. The Bertz CT molecular complexity index is 705. The third-order valence-corrected chi connectivity index (χ3v) is 4.35. The molecule has 22 heavy (non-hydrogen) atoms. The predicted octanol–water partition coefficient (Wildman–Crippen LogP) is 3.83. The highest BCUT2D eigenvalue weighted by Crippen LogP contribution is 2.15. The second-order valence-corrected chi connectivity index (χ2v) is 6.12. The number of aromatic nitrogens is 3. The van der Waals surface area contributed by atoms with Crippen molar-refractivity contribution in [2.24, 2.45) is 0 Å². The normalized spacial score (nSPS) is 10.8. The van der Waals surface area contributed by atoms with Gasteiger partial charge >= 0.3 is 0 Å². The zero-order valence-electron chi connectivity index (χ0n) is 12.6. The van der Waals surface area contributed by atoms with Gasteiger partial charge in [-0.1, -0.05) is 47.7 Å². The molecular weight excluding hydrogens is 290 g/mol. The number of aryl methyl sites for hydroxylation is 2. The smallest absolute Gasteiger partial charge is 0.0830 e. The Labute approximate surface area is 135 Å². The monoisotopic (exact) mass is 309 g/mol. The summed E-state index contributed by atoms with van der Waals surface area (Å²) >= 11 is 1.77. The maximum absolute atomic E-state index is 4.27. The summed E-state index contributed by atoms with van der Waals surface area (Å²) in [5.41, 5.74) is 3.63. The summed E-state index contributed by atoms with van der Waals surface area (Å²) in [5.74, 6) is 0. The molecule has 0 atom stereocenters. The van der Waals surface area contributed by atoms with Gasteiger partial charge in [-0.2, -0.15) is 0 Å². The van der Waals surface area contributed by atoms with E-state index < -0.39 is 0 Å². The Morgan fingerprint density at radius 1 is 0.909 bits per heavy atom. The lowest BCUT2D eigenvalue weighted by Gasteiger charge is -2.01. The molecule has 0 N–H and O–H groups in total. The Hall–Kier alpha value is -2.07. The fraction of sp³-hybridized carbons (Fsp3) is 0.222. The van der Waals surface area contributed by atoms with Crippen molar-refractivity contribution in [2.45, 2.75) is 24.3 Å². The van der Waals surface area contributed by atoms with E-state index in [1.807, 2.05) is 29.1 Å². The van der Waals surface area contributed by atoms with Crippen molar-refractivity contribution in [1.29, 1.82) is 0 Å². The first-order valence-corrected chi connectivity index (χ1v) is 8.62. The Morgan fingerprint density at radius 3 is 2.41 bits per heavy atom. The van der Waals surface area contributed by atoms with Gasteiger partial charge in [0.25, 0.3) is 0 Å². The summed E-state index contributed by atoms with van der Waals surface area (Å²) in [4.78, 5) is 1.30. The van der Waals surface area contributed by atoms with Gasteiger partial charge in [-0.3, -0.25) is 0 Å². The van der Waals surface area contributed by atoms with E-state index in [0.717, 1.165) is 25.1 Å². The molecule has 1 aromatic heterocycles. The van der Waals surface area contributed by atoms with Crippen molar-refractivity contribution < 1.29 is 0 Å². The zero-order valence-corrected chi connectivity index (χ0v) is 13.5. The van der Waals surface area contributed by atoms with Crippen molar-refractivity contribution >= 4 is 11.8 Å². The van der Waals surface area contributed by atoms with Crippen LogP contribution in [-0.4, -0.2) is 21.2 Å². The molecule has 1 heterocycles. The fourth-order valence-corrected chi connectivity index (χ4v) is 2.77. The molecule has 0 unspecified atom stereocenters.